The van der Waals surface area contributed by atoms with Crippen molar-refractivity contribution in [2.45, 2.75) is 19.2 Å². The number of carbonyl (C=O) groups excluding carboxylic acids is 1. The van der Waals surface area contributed by atoms with Crippen LogP contribution >= 0.6 is 0 Å². The van der Waals surface area contributed by atoms with Crippen molar-refractivity contribution in [3.63, 3.8) is 0 Å². The van der Waals surface area contributed by atoms with Crippen molar-refractivity contribution in [2.24, 2.45) is 0 Å². The van der Waals surface area contributed by atoms with Gasteiger partial charge in [-0.1, -0.05) is 60.7 Å². The van der Waals surface area contributed by atoms with Gasteiger partial charge in [0.2, 0.25) is 5.91 Å². The summed E-state index contributed by atoms with van der Waals surface area (Å²) in [6, 6.07) is 19.0. The van der Waals surface area contributed by atoms with Crippen molar-refractivity contribution in [1.29, 1.82) is 0 Å². The molecule has 4 aromatic rings. The van der Waals surface area contributed by atoms with Gasteiger partial charge < -0.3 is 20.3 Å². The van der Waals surface area contributed by atoms with Gasteiger partial charge in [-0.05, 0) is 11.1 Å². The lowest BCUT2D eigenvalue weighted by atomic mass is 10.1. The fraction of sp³-hybridized carbons (Fsp3) is 0.182. The molecular formula is C22H22N6O2. The number of aromatic nitrogens is 4. The summed E-state index contributed by atoms with van der Waals surface area (Å²) in [6.07, 6.45) is 2.08. The molecule has 0 aliphatic carbocycles. The van der Waals surface area contributed by atoms with Crippen LogP contribution in [0.25, 0.3) is 11.2 Å². The summed E-state index contributed by atoms with van der Waals surface area (Å²) in [5.41, 5.74) is 8.54. The molecule has 2 aromatic heterocycles. The predicted octanol–water partition coefficient (Wildman–Crippen LogP) is 2.17. The van der Waals surface area contributed by atoms with Crippen LogP contribution in [0.2, 0.25) is 0 Å². The first-order valence-electron chi connectivity index (χ1n) is 9.58. The highest BCUT2D eigenvalue weighted by molar-refractivity contribution is 5.83. The molecule has 4 rings (SSSR count). The van der Waals surface area contributed by atoms with Gasteiger partial charge in [0.05, 0.1) is 19.0 Å². The lowest BCUT2D eigenvalue weighted by molar-refractivity contribution is -0.134. The van der Waals surface area contributed by atoms with E-state index in [4.69, 9.17) is 5.73 Å². The SMILES string of the molecule is Nc1ncnc2c1ncn2CC(=O)N(Cc1ccccc1)CC(O)c1ccccc1. The second-order valence-corrected chi connectivity index (χ2v) is 6.99. The van der Waals surface area contributed by atoms with Gasteiger partial charge in [0, 0.05) is 6.54 Å². The lowest BCUT2D eigenvalue weighted by Gasteiger charge is -2.26. The van der Waals surface area contributed by atoms with E-state index in [9.17, 15) is 9.90 Å². The molecule has 8 heteroatoms. The topological polar surface area (TPSA) is 110 Å². The molecule has 1 unspecified atom stereocenters. The summed E-state index contributed by atoms with van der Waals surface area (Å²) < 4.78 is 1.64. The van der Waals surface area contributed by atoms with E-state index in [1.54, 1.807) is 9.47 Å². The molecule has 2 aromatic carbocycles. The molecule has 2 heterocycles. The third-order valence-electron chi connectivity index (χ3n) is 4.88. The second kappa shape index (κ2) is 8.71. The maximum atomic E-state index is 13.2. The van der Waals surface area contributed by atoms with Gasteiger partial charge in [-0.2, -0.15) is 0 Å². The zero-order valence-corrected chi connectivity index (χ0v) is 16.3. The van der Waals surface area contributed by atoms with Gasteiger partial charge in [-0.25, -0.2) is 15.0 Å². The molecular weight excluding hydrogens is 380 g/mol. The Bertz CT molecular complexity index is 1130. The summed E-state index contributed by atoms with van der Waals surface area (Å²) in [6.45, 7) is 0.579. The van der Waals surface area contributed by atoms with E-state index in [2.05, 4.69) is 15.0 Å². The minimum atomic E-state index is -0.795. The lowest BCUT2D eigenvalue weighted by Crippen LogP contribution is -2.36. The van der Waals surface area contributed by atoms with Crippen LogP contribution in [0.1, 0.15) is 17.2 Å². The molecule has 0 bridgehead atoms. The molecule has 0 aliphatic rings. The first-order valence-corrected chi connectivity index (χ1v) is 9.58. The Hall–Kier alpha value is -3.78. The number of aliphatic hydroxyl groups is 1. The first-order chi connectivity index (χ1) is 14.6. The summed E-state index contributed by atoms with van der Waals surface area (Å²) >= 11 is 0. The number of nitrogens with zero attached hydrogens (tertiary/aromatic N) is 5. The average Bonchev–Trinajstić information content (AvgIpc) is 3.18. The average molecular weight is 402 g/mol. The molecule has 0 saturated heterocycles. The van der Waals surface area contributed by atoms with Crippen molar-refractivity contribution >= 4 is 22.9 Å². The Labute approximate surface area is 173 Å². The van der Waals surface area contributed by atoms with E-state index >= 15 is 0 Å². The van der Waals surface area contributed by atoms with Crippen molar-refractivity contribution in [3.05, 3.63) is 84.4 Å². The van der Waals surface area contributed by atoms with Gasteiger partial charge in [0.15, 0.2) is 11.5 Å². The highest BCUT2D eigenvalue weighted by atomic mass is 16.3. The highest BCUT2D eigenvalue weighted by Crippen LogP contribution is 2.18. The van der Waals surface area contributed by atoms with E-state index in [1.165, 1.54) is 12.7 Å². The summed E-state index contributed by atoms with van der Waals surface area (Å²) in [4.78, 5) is 27.2. The Morgan fingerprint density at radius 2 is 1.73 bits per heavy atom. The monoisotopic (exact) mass is 402 g/mol. The van der Waals surface area contributed by atoms with E-state index in [0.29, 0.717) is 17.7 Å². The summed E-state index contributed by atoms with van der Waals surface area (Å²) in [5.74, 6) is 0.108. The number of amides is 1. The maximum Gasteiger partial charge on any atom is 0.243 e. The molecule has 30 heavy (non-hydrogen) atoms. The Kier molecular flexibility index (Phi) is 5.67. The highest BCUT2D eigenvalue weighted by Gasteiger charge is 2.21. The van der Waals surface area contributed by atoms with Crippen molar-refractivity contribution in [1.82, 2.24) is 24.4 Å². The zero-order valence-electron chi connectivity index (χ0n) is 16.3. The van der Waals surface area contributed by atoms with Gasteiger partial charge in [-0.3, -0.25) is 4.79 Å². The number of benzene rings is 2. The van der Waals surface area contributed by atoms with Gasteiger partial charge >= 0.3 is 0 Å². The van der Waals surface area contributed by atoms with Crippen molar-refractivity contribution in [2.75, 3.05) is 12.3 Å². The molecule has 1 amide bonds. The van der Waals surface area contributed by atoms with Crippen molar-refractivity contribution < 1.29 is 9.90 Å². The predicted molar refractivity (Wildman–Crippen MR) is 113 cm³/mol. The quantitative estimate of drug-likeness (QED) is 0.490. The second-order valence-electron chi connectivity index (χ2n) is 6.99. The van der Waals surface area contributed by atoms with Crippen LogP contribution in [-0.2, 0) is 17.9 Å². The normalized spacial score (nSPS) is 12.0. The van der Waals surface area contributed by atoms with Gasteiger partial charge in [0.1, 0.15) is 18.4 Å². The molecule has 0 radical (unpaired) electrons. The number of hydrogen-bond acceptors (Lipinski definition) is 6. The first kappa shape index (κ1) is 19.5. The molecule has 0 spiro atoms. The maximum absolute atomic E-state index is 13.2. The number of nitrogens with two attached hydrogens (primary N) is 1. The van der Waals surface area contributed by atoms with Crippen molar-refractivity contribution in [3.8, 4) is 0 Å². The molecule has 1 atom stereocenters. The number of carbonyl (C=O) groups is 1. The fourth-order valence-electron chi connectivity index (χ4n) is 3.31. The summed E-state index contributed by atoms with van der Waals surface area (Å²) in [7, 11) is 0. The minimum absolute atomic E-state index is 0.0291. The third kappa shape index (κ3) is 4.28. The molecule has 0 aliphatic heterocycles. The number of aliphatic hydroxyl groups excluding tert-OH is 1. The van der Waals surface area contributed by atoms with Gasteiger partial charge in [-0.15, -0.1) is 0 Å². The number of imidazole rings is 1. The summed E-state index contributed by atoms with van der Waals surface area (Å²) in [5, 5.41) is 10.7. The number of hydrogen-bond donors (Lipinski definition) is 2. The number of anilines is 1. The fourth-order valence-corrected chi connectivity index (χ4v) is 3.31. The smallest absolute Gasteiger partial charge is 0.243 e. The Morgan fingerprint density at radius 3 is 2.47 bits per heavy atom. The molecule has 152 valence electrons. The Morgan fingerprint density at radius 1 is 1.03 bits per heavy atom. The van der Waals surface area contributed by atoms with Gasteiger partial charge in [0.25, 0.3) is 0 Å². The Balaban J connectivity index is 1.57. The largest absolute Gasteiger partial charge is 0.387 e. The van der Waals surface area contributed by atoms with E-state index in [0.717, 1.165) is 11.1 Å². The molecule has 0 fully saturated rings. The number of fused-ring (bicyclic) bond motifs is 1. The van der Waals surface area contributed by atoms with Crippen LogP contribution in [0.3, 0.4) is 0 Å². The molecule has 8 nitrogen and oxygen atoms in total. The van der Waals surface area contributed by atoms with Crippen LogP contribution < -0.4 is 5.73 Å². The van der Waals surface area contributed by atoms with Crippen LogP contribution in [-0.4, -0.2) is 42.0 Å². The van der Waals surface area contributed by atoms with Crippen LogP contribution in [0, 0.1) is 0 Å². The van der Waals surface area contributed by atoms with E-state index in [1.807, 2.05) is 60.7 Å². The van der Waals surface area contributed by atoms with E-state index < -0.39 is 6.10 Å². The molecule has 0 saturated carbocycles. The van der Waals surface area contributed by atoms with Crippen LogP contribution in [0.4, 0.5) is 5.82 Å². The third-order valence-corrected chi connectivity index (χ3v) is 4.88. The van der Waals surface area contributed by atoms with Crippen LogP contribution in [0.15, 0.2) is 73.3 Å². The standard InChI is InChI=1S/C22H22N6O2/c23-21-20-22(25-14-24-21)28(15-26-20)13-19(30)27(11-16-7-3-1-4-8-16)12-18(29)17-9-5-2-6-10-17/h1-10,14-15,18,29H,11-13H2,(H2,23,24,25). The van der Waals surface area contributed by atoms with E-state index in [-0.39, 0.29) is 24.8 Å². The van der Waals surface area contributed by atoms with Crippen LogP contribution in [0.5, 0.6) is 0 Å². The zero-order chi connectivity index (χ0) is 20.9. The number of rotatable bonds is 7. The molecule has 3 N–H and O–H groups in total. The minimum Gasteiger partial charge on any atom is -0.387 e. The number of nitrogen functional groups attached to an aromatic ring is 1.